The number of anilines is 2. The summed E-state index contributed by atoms with van der Waals surface area (Å²) >= 11 is 0. The maximum atomic E-state index is 12.5. The zero-order valence-corrected chi connectivity index (χ0v) is 24.0. The van der Waals surface area contributed by atoms with Crippen molar-refractivity contribution in [3.05, 3.63) is 66.4 Å². The lowest BCUT2D eigenvalue weighted by Gasteiger charge is -2.42. The standard InChI is InChI=1S/C32H37N7O3/c1-3-30(41)39-16-15-38(18-23(39)11-13-33)31-27-12-14-37(29-10-6-8-22-7-4-5-9-26(22)29)20-28(27)34-32(35-31)42-21-24-17-25(40)19-36(24)2/h3-10,23-25,40H,1,11-12,14-21H2,2H3/t23-,24?,25+/m0/s1. The summed E-state index contributed by atoms with van der Waals surface area (Å²) in [6, 6.07) is 17.2. The van der Waals surface area contributed by atoms with E-state index in [4.69, 9.17) is 14.7 Å². The SMILES string of the molecule is C=CC(=O)N1CCN(c2nc(OCC3C[C@@H](O)CN3C)nc3c2CCN(c2cccc4ccccc24)C3)C[C@@H]1CC#N. The van der Waals surface area contributed by atoms with Crippen molar-refractivity contribution >= 4 is 28.2 Å². The van der Waals surface area contributed by atoms with Crippen LogP contribution in [0.3, 0.4) is 0 Å². The van der Waals surface area contributed by atoms with Crippen LogP contribution in [0, 0.1) is 11.3 Å². The lowest BCUT2D eigenvalue weighted by Crippen LogP contribution is -2.55. The topological polar surface area (TPSA) is 109 Å². The molecule has 1 N–H and O–H groups in total. The molecule has 3 aromatic rings. The van der Waals surface area contributed by atoms with E-state index in [9.17, 15) is 15.2 Å². The molecule has 1 unspecified atom stereocenters. The highest BCUT2D eigenvalue weighted by molar-refractivity contribution is 5.94. The molecule has 3 atom stereocenters. The second-order valence-corrected chi connectivity index (χ2v) is 11.4. The number of aliphatic hydroxyl groups excluding tert-OH is 1. The monoisotopic (exact) mass is 567 g/mol. The Balaban J connectivity index is 1.32. The number of amides is 1. The predicted octanol–water partition coefficient (Wildman–Crippen LogP) is 2.75. The van der Waals surface area contributed by atoms with Gasteiger partial charge >= 0.3 is 6.01 Å². The van der Waals surface area contributed by atoms with Crippen LogP contribution in [0.25, 0.3) is 10.8 Å². The van der Waals surface area contributed by atoms with Gasteiger partial charge in [0.05, 0.1) is 36.9 Å². The van der Waals surface area contributed by atoms with Crippen molar-refractivity contribution in [3.8, 4) is 12.1 Å². The third-order valence-electron chi connectivity index (χ3n) is 8.77. The van der Waals surface area contributed by atoms with E-state index in [1.54, 1.807) is 4.90 Å². The van der Waals surface area contributed by atoms with Crippen LogP contribution in [0.1, 0.15) is 24.1 Å². The van der Waals surface area contributed by atoms with Crippen molar-refractivity contribution in [1.29, 1.82) is 5.26 Å². The summed E-state index contributed by atoms with van der Waals surface area (Å²) in [5.74, 6) is 0.665. The Bertz CT molecular complexity index is 1520. The molecule has 2 aromatic carbocycles. The van der Waals surface area contributed by atoms with Crippen molar-refractivity contribution in [2.45, 2.75) is 44.0 Å². The molecule has 0 saturated carbocycles. The molecule has 0 radical (unpaired) electrons. The lowest BCUT2D eigenvalue weighted by atomic mass is 10.0. The molecule has 1 amide bonds. The molecule has 0 bridgehead atoms. The largest absolute Gasteiger partial charge is 0.462 e. The van der Waals surface area contributed by atoms with E-state index in [0.717, 1.165) is 30.0 Å². The number of aliphatic hydroxyl groups is 1. The summed E-state index contributed by atoms with van der Waals surface area (Å²) in [7, 11) is 1.99. The first-order valence-electron chi connectivity index (χ1n) is 14.6. The van der Waals surface area contributed by atoms with Crippen LogP contribution in [0.5, 0.6) is 6.01 Å². The fourth-order valence-electron chi connectivity index (χ4n) is 6.56. The van der Waals surface area contributed by atoms with Crippen molar-refractivity contribution in [2.75, 3.05) is 56.2 Å². The summed E-state index contributed by atoms with van der Waals surface area (Å²) in [5.41, 5.74) is 3.19. The molecule has 10 nitrogen and oxygen atoms in total. The van der Waals surface area contributed by atoms with Crippen LogP contribution in [0.4, 0.5) is 11.5 Å². The van der Waals surface area contributed by atoms with Gasteiger partial charge in [0, 0.05) is 55.4 Å². The highest BCUT2D eigenvalue weighted by Crippen LogP contribution is 2.35. The van der Waals surface area contributed by atoms with E-state index in [-0.39, 0.29) is 30.5 Å². The number of carbonyl (C=O) groups excluding carboxylic acids is 1. The van der Waals surface area contributed by atoms with E-state index >= 15 is 0 Å². The number of piperazine rings is 1. The minimum absolute atomic E-state index is 0.0868. The summed E-state index contributed by atoms with van der Waals surface area (Å²) in [4.78, 5) is 30.8. The quantitative estimate of drug-likeness (QED) is 0.431. The van der Waals surface area contributed by atoms with Gasteiger partial charge in [0.15, 0.2) is 0 Å². The molecule has 0 spiro atoms. The number of fused-ring (bicyclic) bond motifs is 2. The maximum absolute atomic E-state index is 12.5. The molecule has 4 heterocycles. The Morgan fingerprint density at radius 2 is 1.95 bits per heavy atom. The van der Waals surface area contributed by atoms with E-state index in [1.807, 2.05) is 7.05 Å². The lowest BCUT2D eigenvalue weighted by molar-refractivity contribution is -0.128. The number of aromatic nitrogens is 2. The fraction of sp³-hybridized carbons (Fsp3) is 0.438. The Kier molecular flexibility index (Phi) is 7.96. The third kappa shape index (κ3) is 5.50. The number of hydrogen-bond donors (Lipinski definition) is 1. The number of β-amino-alcohol motifs (C(OH)–C–C–N with tert-alkyl or cyclic N) is 1. The van der Waals surface area contributed by atoms with Crippen molar-refractivity contribution < 1.29 is 14.6 Å². The molecule has 42 heavy (non-hydrogen) atoms. The number of benzene rings is 2. The molecule has 0 aliphatic carbocycles. The van der Waals surface area contributed by atoms with Gasteiger partial charge < -0.3 is 24.5 Å². The smallest absolute Gasteiger partial charge is 0.318 e. The summed E-state index contributed by atoms with van der Waals surface area (Å²) < 4.78 is 6.22. The molecule has 218 valence electrons. The Morgan fingerprint density at radius 3 is 2.74 bits per heavy atom. The molecular weight excluding hydrogens is 530 g/mol. The number of likely N-dealkylation sites (N-methyl/N-ethyl adjacent to an activating group) is 1. The maximum Gasteiger partial charge on any atom is 0.318 e. The minimum atomic E-state index is -0.357. The Morgan fingerprint density at radius 1 is 1.12 bits per heavy atom. The van der Waals surface area contributed by atoms with Gasteiger partial charge in [-0.1, -0.05) is 43.0 Å². The van der Waals surface area contributed by atoms with Crippen LogP contribution < -0.4 is 14.5 Å². The Hall–Kier alpha value is -4.20. The molecule has 3 aliphatic rings. The highest BCUT2D eigenvalue weighted by Gasteiger charge is 2.34. The van der Waals surface area contributed by atoms with Gasteiger partial charge in [-0.3, -0.25) is 9.69 Å². The first-order chi connectivity index (χ1) is 20.4. The van der Waals surface area contributed by atoms with Gasteiger partial charge in [-0.25, -0.2) is 0 Å². The summed E-state index contributed by atoms with van der Waals surface area (Å²) in [5, 5.41) is 22.0. The Labute approximate surface area is 246 Å². The number of nitriles is 1. The predicted molar refractivity (Wildman–Crippen MR) is 161 cm³/mol. The average Bonchev–Trinajstić information content (AvgIpc) is 3.34. The fourth-order valence-corrected chi connectivity index (χ4v) is 6.56. The number of carbonyl (C=O) groups is 1. The first-order valence-corrected chi connectivity index (χ1v) is 14.6. The van der Waals surface area contributed by atoms with Gasteiger partial charge in [-0.15, -0.1) is 0 Å². The van der Waals surface area contributed by atoms with Gasteiger partial charge in [0.25, 0.3) is 0 Å². The first kappa shape index (κ1) is 27.9. The van der Waals surface area contributed by atoms with Crippen LogP contribution in [0.2, 0.25) is 0 Å². The molecule has 3 aliphatic heterocycles. The van der Waals surface area contributed by atoms with Gasteiger partial charge in [-0.05, 0) is 37.4 Å². The van der Waals surface area contributed by atoms with Crippen LogP contribution in [0.15, 0.2) is 55.1 Å². The van der Waals surface area contributed by atoms with E-state index in [1.165, 1.54) is 22.5 Å². The average molecular weight is 568 g/mol. The van der Waals surface area contributed by atoms with E-state index < -0.39 is 0 Å². The van der Waals surface area contributed by atoms with Crippen molar-refractivity contribution in [1.82, 2.24) is 19.8 Å². The normalized spacial score (nSPS) is 22.6. The van der Waals surface area contributed by atoms with Crippen LogP contribution in [-0.4, -0.2) is 95.3 Å². The molecule has 2 fully saturated rings. The number of likely N-dealkylation sites (tertiary alicyclic amines) is 1. The van der Waals surface area contributed by atoms with E-state index in [2.05, 4.69) is 69.8 Å². The summed E-state index contributed by atoms with van der Waals surface area (Å²) in [6.45, 7) is 7.67. The van der Waals surface area contributed by atoms with Gasteiger partial charge in [-0.2, -0.15) is 15.2 Å². The second-order valence-electron chi connectivity index (χ2n) is 11.4. The van der Waals surface area contributed by atoms with Gasteiger partial charge in [0.2, 0.25) is 5.91 Å². The number of ether oxygens (including phenoxy) is 1. The molecule has 2 saturated heterocycles. The third-order valence-corrected chi connectivity index (χ3v) is 8.77. The summed E-state index contributed by atoms with van der Waals surface area (Å²) in [6.07, 6.45) is 2.61. The number of nitrogens with zero attached hydrogens (tertiary/aromatic N) is 7. The van der Waals surface area contributed by atoms with Crippen molar-refractivity contribution in [2.24, 2.45) is 0 Å². The van der Waals surface area contributed by atoms with Crippen molar-refractivity contribution in [3.63, 3.8) is 0 Å². The molecular formula is C32H37N7O3. The second kappa shape index (κ2) is 12.0. The minimum Gasteiger partial charge on any atom is -0.462 e. The zero-order chi connectivity index (χ0) is 29.2. The van der Waals surface area contributed by atoms with Crippen LogP contribution in [-0.2, 0) is 17.8 Å². The van der Waals surface area contributed by atoms with Crippen LogP contribution >= 0.6 is 0 Å². The number of hydrogen-bond acceptors (Lipinski definition) is 9. The molecule has 6 rings (SSSR count). The zero-order valence-electron chi connectivity index (χ0n) is 24.0. The van der Waals surface area contributed by atoms with Gasteiger partial charge in [0.1, 0.15) is 12.4 Å². The highest BCUT2D eigenvalue weighted by atomic mass is 16.5. The molecule has 10 heteroatoms. The number of rotatable bonds is 7. The molecule has 1 aromatic heterocycles. The van der Waals surface area contributed by atoms with E-state index in [0.29, 0.717) is 51.8 Å².